The van der Waals surface area contributed by atoms with Gasteiger partial charge in [0.15, 0.2) is 0 Å². The predicted molar refractivity (Wildman–Crippen MR) is 72.3 cm³/mol. The van der Waals surface area contributed by atoms with Crippen LogP contribution < -0.4 is 0 Å². The van der Waals surface area contributed by atoms with E-state index in [-0.39, 0.29) is 5.82 Å². The molecule has 4 heteroatoms. The third-order valence-corrected chi connectivity index (χ3v) is 3.01. The van der Waals surface area contributed by atoms with Gasteiger partial charge in [0.25, 0.3) is 0 Å². The fourth-order valence-electron chi connectivity index (χ4n) is 1.83. The number of hydrogen-bond donors (Lipinski definition) is 1. The monoisotopic (exact) mass is 256 g/mol. The Hall–Kier alpha value is -2.07. The van der Waals surface area contributed by atoms with E-state index < -0.39 is 0 Å². The summed E-state index contributed by atoms with van der Waals surface area (Å²) in [7, 11) is 0. The van der Waals surface area contributed by atoms with Crippen LogP contribution in [-0.2, 0) is 0 Å². The van der Waals surface area contributed by atoms with Crippen molar-refractivity contribution in [2.45, 2.75) is 0 Å². The first-order chi connectivity index (χ1) is 8.74. The van der Waals surface area contributed by atoms with Crippen LogP contribution in [0.1, 0.15) is 0 Å². The van der Waals surface area contributed by atoms with E-state index in [0.717, 1.165) is 16.6 Å². The standard InChI is InChI=1S/C14H9FN2S/c15-10-7-5-9(6-8-10)13-14(18)17-12-4-2-1-3-11(12)16-13/h1-8H,(H,17,18). The summed E-state index contributed by atoms with van der Waals surface area (Å²) >= 11 is 5.28. The summed E-state index contributed by atoms with van der Waals surface area (Å²) in [6.07, 6.45) is 0. The van der Waals surface area contributed by atoms with E-state index in [9.17, 15) is 4.39 Å². The lowest BCUT2D eigenvalue weighted by atomic mass is 10.1. The van der Waals surface area contributed by atoms with Gasteiger partial charge in [0.1, 0.15) is 16.2 Å². The van der Waals surface area contributed by atoms with Crippen molar-refractivity contribution in [3.05, 3.63) is 59.0 Å². The molecule has 0 unspecified atom stereocenters. The van der Waals surface area contributed by atoms with Gasteiger partial charge in [-0.3, -0.25) is 0 Å². The van der Waals surface area contributed by atoms with Crippen molar-refractivity contribution in [1.29, 1.82) is 0 Å². The minimum absolute atomic E-state index is 0.269. The van der Waals surface area contributed by atoms with E-state index in [1.54, 1.807) is 12.1 Å². The molecule has 0 radical (unpaired) electrons. The number of para-hydroxylation sites is 2. The molecule has 0 spiro atoms. The van der Waals surface area contributed by atoms with Gasteiger partial charge in [-0.05, 0) is 36.4 Å². The summed E-state index contributed by atoms with van der Waals surface area (Å²) in [5, 5.41) is 0. The summed E-state index contributed by atoms with van der Waals surface area (Å²) in [6.45, 7) is 0. The van der Waals surface area contributed by atoms with E-state index in [2.05, 4.69) is 9.97 Å². The molecule has 0 amide bonds. The van der Waals surface area contributed by atoms with Crippen molar-refractivity contribution in [3.8, 4) is 11.3 Å². The molecule has 0 aliphatic heterocycles. The number of fused-ring (bicyclic) bond motifs is 1. The van der Waals surface area contributed by atoms with E-state index in [1.807, 2.05) is 24.3 Å². The molecule has 0 aliphatic rings. The van der Waals surface area contributed by atoms with Gasteiger partial charge < -0.3 is 4.98 Å². The second-order valence-electron chi connectivity index (χ2n) is 3.94. The van der Waals surface area contributed by atoms with E-state index in [0.29, 0.717) is 10.3 Å². The van der Waals surface area contributed by atoms with Gasteiger partial charge in [0.05, 0.1) is 11.0 Å². The van der Waals surface area contributed by atoms with Crippen LogP contribution in [0.15, 0.2) is 48.5 Å². The van der Waals surface area contributed by atoms with Gasteiger partial charge in [0.2, 0.25) is 0 Å². The Labute approximate surface area is 108 Å². The van der Waals surface area contributed by atoms with Crippen LogP contribution in [0.4, 0.5) is 4.39 Å². The molecule has 1 aromatic heterocycles. The quantitative estimate of drug-likeness (QED) is 0.664. The summed E-state index contributed by atoms with van der Waals surface area (Å²) < 4.78 is 13.5. The molecule has 1 heterocycles. The largest absolute Gasteiger partial charge is 0.343 e. The number of halogens is 1. The Bertz CT molecular complexity index is 763. The summed E-state index contributed by atoms with van der Waals surface area (Å²) in [6, 6.07) is 13.8. The van der Waals surface area contributed by atoms with Crippen molar-refractivity contribution in [2.24, 2.45) is 0 Å². The van der Waals surface area contributed by atoms with Gasteiger partial charge in [-0.1, -0.05) is 24.4 Å². The molecule has 0 saturated heterocycles. The Morgan fingerprint density at radius 1 is 1.00 bits per heavy atom. The highest BCUT2D eigenvalue weighted by molar-refractivity contribution is 7.71. The molecule has 0 bridgehead atoms. The van der Waals surface area contributed by atoms with Crippen molar-refractivity contribution in [2.75, 3.05) is 0 Å². The van der Waals surface area contributed by atoms with Gasteiger partial charge >= 0.3 is 0 Å². The molecule has 88 valence electrons. The van der Waals surface area contributed by atoms with Crippen LogP contribution in [0.3, 0.4) is 0 Å². The van der Waals surface area contributed by atoms with Crippen molar-refractivity contribution < 1.29 is 4.39 Å². The predicted octanol–water partition coefficient (Wildman–Crippen LogP) is 4.10. The maximum Gasteiger partial charge on any atom is 0.130 e. The Kier molecular flexibility index (Phi) is 2.64. The van der Waals surface area contributed by atoms with Crippen molar-refractivity contribution >= 4 is 23.3 Å². The second kappa shape index (κ2) is 4.31. The molecule has 3 aromatic rings. The number of hydrogen-bond acceptors (Lipinski definition) is 2. The fourth-order valence-corrected chi connectivity index (χ4v) is 2.11. The normalized spacial score (nSPS) is 10.7. The number of benzene rings is 2. The highest BCUT2D eigenvalue weighted by Gasteiger charge is 2.04. The smallest absolute Gasteiger partial charge is 0.130 e. The highest BCUT2D eigenvalue weighted by Crippen LogP contribution is 2.20. The number of nitrogens with zero attached hydrogens (tertiary/aromatic N) is 1. The van der Waals surface area contributed by atoms with Gasteiger partial charge in [-0.2, -0.15) is 0 Å². The lowest BCUT2D eigenvalue weighted by Gasteiger charge is -2.04. The molecule has 2 aromatic carbocycles. The first-order valence-electron chi connectivity index (χ1n) is 5.49. The second-order valence-corrected chi connectivity index (χ2v) is 4.35. The Balaban J connectivity index is 2.26. The van der Waals surface area contributed by atoms with Gasteiger partial charge in [-0.25, -0.2) is 9.37 Å². The van der Waals surface area contributed by atoms with Crippen LogP contribution in [0.25, 0.3) is 22.3 Å². The molecule has 3 rings (SSSR count). The van der Waals surface area contributed by atoms with Crippen molar-refractivity contribution in [3.63, 3.8) is 0 Å². The SMILES string of the molecule is Fc1ccc(-c2nc3ccccc3[nH]c2=S)cc1. The average Bonchev–Trinajstić information content (AvgIpc) is 2.39. The highest BCUT2D eigenvalue weighted by atomic mass is 32.1. The Morgan fingerprint density at radius 2 is 1.72 bits per heavy atom. The number of aromatic amines is 1. The third kappa shape index (κ3) is 1.91. The molecule has 0 aliphatic carbocycles. The number of H-pyrrole nitrogens is 1. The molecule has 0 fully saturated rings. The maximum absolute atomic E-state index is 12.9. The number of aromatic nitrogens is 2. The number of rotatable bonds is 1. The van der Waals surface area contributed by atoms with Gasteiger partial charge in [0, 0.05) is 5.56 Å². The summed E-state index contributed by atoms with van der Waals surface area (Å²) in [4.78, 5) is 7.65. The zero-order valence-corrected chi connectivity index (χ0v) is 10.2. The summed E-state index contributed by atoms with van der Waals surface area (Å²) in [5.41, 5.74) is 3.21. The topological polar surface area (TPSA) is 28.7 Å². The lowest BCUT2D eigenvalue weighted by molar-refractivity contribution is 0.628. The van der Waals surface area contributed by atoms with E-state index in [1.165, 1.54) is 12.1 Å². The van der Waals surface area contributed by atoms with Crippen molar-refractivity contribution in [1.82, 2.24) is 9.97 Å². The lowest BCUT2D eigenvalue weighted by Crippen LogP contribution is -1.90. The third-order valence-electron chi connectivity index (χ3n) is 2.72. The minimum Gasteiger partial charge on any atom is -0.343 e. The molecule has 0 saturated carbocycles. The number of nitrogens with one attached hydrogen (secondary N) is 1. The zero-order chi connectivity index (χ0) is 12.5. The molecular formula is C14H9FN2S. The molecular weight excluding hydrogens is 247 g/mol. The average molecular weight is 256 g/mol. The molecule has 18 heavy (non-hydrogen) atoms. The molecule has 2 nitrogen and oxygen atoms in total. The van der Waals surface area contributed by atoms with E-state index in [4.69, 9.17) is 12.2 Å². The zero-order valence-electron chi connectivity index (χ0n) is 9.35. The fraction of sp³-hybridized carbons (Fsp3) is 0. The minimum atomic E-state index is -0.269. The summed E-state index contributed by atoms with van der Waals surface area (Å²) in [5.74, 6) is -0.269. The maximum atomic E-state index is 12.9. The van der Waals surface area contributed by atoms with Crippen LogP contribution in [0.5, 0.6) is 0 Å². The van der Waals surface area contributed by atoms with Crippen LogP contribution >= 0.6 is 12.2 Å². The Morgan fingerprint density at radius 3 is 2.50 bits per heavy atom. The first kappa shape index (κ1) is 11.0. The molecule has 0 atom stereocenters. The van der Waals surface area contributed by atoms with Crippen LogP contribution in [0, 0.1) is 10.5 Å². The van der Waals surface area contributed by atoms with Gasteiger partial charge in [-0.15, -0.1) is 0 Å². The van der Waals surface area contributed by atoms with Crippen LogP contribution in [-0.4, -0.2) is 9.97 Å². The van der Waals surface area contributed by atoms with E-state index >= 15 is 0 Å². The molecule has 1 N–H and O–H groups in total. The van der Waals surface area contributed by atoms with Crippen LogP contribution in [0.2, 0.25) is 0 Å². The first-order valence-corrected chi connectivity index (χ1v) is 5.90.